The first-order valence-corrected chi connectivity index (χ1v) is 5.24. The minimum atomic E-state index is 0.672. The van der Waals surface area contributed by atoms with Crippen LogP contribution in [0.25, 0.3) is 0 Å². The zero-order valence-electron chi connectivity index (χ0n) is 7.89. The molecule has 0 unspecified atom stereocenters. The van der Waals surface area contributed by atoms with E-state index in [1.54, 1.807) is 12.4 Å². The van der Waals surface area contributed by atoms with Crippen LogP contribution in [0.4, 0.5) is 5.69 Å². The van der Waals surface area contributed by atoms with Gasteiger partial charge in [-0.15, -0.1) is 0 Å². The predicted octanol–water partition coefficient (Wildman–Crippen LogP) is 2.25. The maximum atomic E-state index is 4.11. The average molecular weight is 265 g/mol. The molecule has 76 valence electrons. The summed E-state index contributed by atoms with van der Waals surface area (Å²) in [6.07, 6.45) is 5.03. The lowest BCUT2D eigenvalue weighted by molar-refractivity contribution is 1.00. The fourth-order valence-electron chi connectivity index (χ4n) is 1.10. The molecule has 0 bridgehead atoms. The molecule has 0 aliphatic carbocycles. The van der Waals surface area contributed by atoms with Crippen LogP contribution in [0.2, 0.25) is 0 Å². The Hall–Kier alpha value is -1.49. The van der Waals surface area contributed by atoms with E-state index >= 15 is 0 Å². The van der Waals surface area contributed by atoms with Crippen molar-refractivity contribution < 1.29 is 0 Å². The maximum Gasteiger partial charge on any atom is 0.115 e. The molecule has 2 rings (SSSR count). The van der Waals surface area contributed by atoms with E-state index in [4.69, 9.17) is 0 Å². The highest BCUT2D eigenvalue weighted by atomic mass is 79.9. The summed E-state index contributed by atoms with van der Waals surface area (Å²) in [6.45, 7) is 0.672. The third-order valence-corrected chi connectivity index (χ3v) is 2.31. The molecule has 0 saturated carbocycles. The number of hydrogen-bond acceptors (Lipinski definition) is 4. The van der Waals surface area contributed by atoms with Crippen molar-refractivity contribution in [3.63, 3.8) is 0 Å². The Balaban J connectivity index is 1.96. The summed E-state index contributed by atoms with van der Waals surface area (Å²) < 4.78 is 0.829. The number of rotatable bonds is 3. The Labute approximate surface area is 95.9 Å². The van der Waals surface area contributed by atoms with Crippen molar-refractivity contribution in [1.82, 2.24) is 15.0 Å². The number of hydrogen-bond donors (Lipinski definition) is 1. The summed E-state index contributed by atoms with van der Waals surface area (Å²) in [6, 6.07) is 5.72. The number of nitrogens with zero attached hydrogens (tertiary/aromatic N) is 3. The van der Waals surface area contributed by atoms with Crippen LogP contribution < -0.4 is 5.32 Å². The third kappa shape index (κ3) is 2.99. The molecule has 0 fully saturated rings. The zero-order chi connectivity index (χ0) is 10.5. The minimum absolute atomic E-state index is 0.672. The third-order valence-electron chi connectivity index (χ3n) is 1.84. The summed E-state index contributed by atoms with van der Waals surface area (Å²) in [4.78, 5) is 12.1. The first kappa shape index (κ1) is 10.0. The van der Waals surface area contributed by atoms with Crippen LogP contribution in [0, 0.1) is 0 Å². The van der Waals surface area contributed by atoms with Gasteiger partial charge in [-0.2, -0.15) is 0 Å². The lowest BCUT2D eigenvalue weighted by atomic mass is 10.3. The molecule has 0 spiro atoms. The van der Waals surface area contributed by atoms with Crippen LogP contribution >= 0.6 is 15.9 Å². The number of aromatic nitrogens is 3. The van der Waals surface area contributed by atoms with Crippen molar-refractivity contribution in [3.8, 4) is 0 Å². The number of nitrogens with one attached hydrogen (secondary N) is 1. The molecule has 2 aromatic rings. The van der Waals surface area contributed by atoms with E-state index in [2.05, 4.69) is 36.2 Å². The van der Waals surface area contributed by atoms with Gasteiger partial charge < -0.3 is 5.32 Å². The molecular formula is C10H9BrN4. The highest BCUT2D eigenvalue weighted by Gasteiger charge is 1.94. The van der Waals surface area contributed by atoms with Crippen molar-refractivity contribution in [2.45, 2.75) is 6.54 Å². The molecule has 0 amide bonds. The Kier molecular flexibility index (Phi) is 3.24. The lowest BCUT2D eigenvalue weighted by Crippen LogP contribution is -2.01. The minimum Gasteiger partial charge on any atom is -0.378 e. The summed E-state index contributed by atoms with van der Waals surface area (Å²) in [5.41, 5.74) is 1.92. The van der Waals surface area contributed by atoms with Crippen molar-refractivity contribution in [2.24, 2.45) is 0 Å². The van der Waals surface area contributed by atoms with Gasteiger partial charge in [-0.1, -0.05) is 0 Å². The second-order valence-electron chi connectivity index (χ2n) is 2.92. The molecule has 1 N–H and O–H groups in total. The van der Waals surface area contributed by atoms with E-state index in [0.29, 0.717) is 6.54 Å². The van der Waals surface area contributed by atoms with Crippen LogP contribution in [-0.2, 0) is 6.54 Å². The molecule has 4 nitrogen and oxygen atoms in total. The highest BCUT2D eigenvalue weighted by Crippen LogP contribution is 2.10. The predicted molar refractivity (Wildman–Crippen MR) is 61.3 cm³/mol. The average Bonchev–Trinajstić information content (AvgIpc) is 2.30. The fraction of sp³-hybridized carbons (Fsp3) is 0.100. The van der Waals surface area contributed by atoms with Crippen LogP contribution in [0.15, 0.2) is 41.5 Å². The van der Waals surface area contributed by atoms with Gasteiger partial charge in [0.25, 0.3) is 0 Å². The van der Waals surface area contributed by atoms with E-state index in [1.165, 1.54) is 6.33 Å². The SMILES string of the molecule is Brc1ccc(NCc2ccncn2)cn1. The Morgan fingerprint density at radius 2 is 2.13 bits per heavy atom. The molecular weight excluding hydrogens is 256 g/mol. The number of anilines is 1. The summed E-state index contributed by atoms with van der Waals surface area (Å²) >= 11 is 3.28. The van der Waals surface area contributed by atoms with E-state index in [-0.39, 0.29) is 0 Å². The van der Waals surface area contributed by atoms with Gasteiger partial charge >= 0.3 is 0 Å². The van der Waals surface area contributed by atoms with Gasteiger partial charge in [0.15, 0.2) is 0 Å². The van der Waals surface area contributed by atoms with Crippen molar-refractivity contribution in [3.05, 3.63) is 47.2 Å². The van der Waals surface area contributed by atoms with Gasteiger partial charge in [0.2, 0.25) is 0 Å². The molecule has 0 aliphatic rings. The van der Waals surface area contributed by atoms with Gasteiger partial charge in [0, 0.05) is 6.20 Å². The standard InChI is InChI=1S/C10H9BrN4/c11-10-2-1-8(6-14-10)13-5-9-3-4-12-7-15-9/h1-4,6-7,13H,5H2. The van der Waals surface area contributed by atoms with Gasteiger partial charge in [-0.25, -0.2) is 15.0 Å². The van der Waals surface area contributed by atoms with Crippen LogP contribution in [0.3, 0.4) is 0 Å². The Bertz CT molecular complexity index is 415. The first-order chi connectivity index (χ1) is 7.34. The molecule has 15 heavy (non-hydrogen) atoms. The zero-order valence-corrected chi connectivity index (χ0v) is 9.48. The smallest absolute Gasteiger partial charge is 0.115 e. The van der Waals surface area contributed by atoms with Gasteiger partial charge in [-0.3, -0.25) is 0 Å². The number of pyridine rings is 1. The fourth-order valence-corrected chi connectivity index (χ4v) is 1.33. The number of halogens is 1. The second-order valence-corrected chi connectivity index (χ2v) is 3.74. The molecule has 2 aromatic heterocycles. The monoisotopic (exact) mass is 264 g/mol. The van der Waals surface area contributed by atoms with Crippen LogP contribution in [0.1, 0.15) is 5.69 Å². The lowest BCUT2D eigenvalue weighted by Gasteiger charge is -2.04. The first-order valence-electron chi connectivity index (χ1n) is 4.45. The van der Waals surface area contributed by atoms with E-state index < -0.39 is 0 Å². The summed E-state index contributed by atoms with van der Waals surface area (Å²) in [5, 5.41) is 3.21. The van der Waals surface area contributed by atoms with E-state index in [9.17, 15) is 0 Å². The van der Waals surface area contributed by atoms with E-state index in [1.807, 2.05) is 18.2 Å². The Morgan fingerprint density at radius 1 is 1.20 bits per heavy atom. The summed E-state index contributed by atoms with van der Waals surface area (Å²) in [7, 11) is 0. The van der Waals surface area contributed by atoms with Gasteiger partial charge in [-0.05, 0) is 34.1 Å². The second kappa shape index (κ2) is 4.84. The molecule has 0 saturated heterocycles. The summed E-state index contributed by atoms with van der Waals surface area (Å²) in [5.74, 6) is 0. The van der Waals surface area contributed by atoms with Crippen molar-refractivity contribution in [1.29, 1.82) is 0 Å². The van der Waals surface area contributed by atoms with Crippen molar-refractivity contribution >= 4 is 21.6 Å². The van der Waals surface area contributed by atoms with E-state index in [0.717, 1.165) is 16.0 Å². The molecule has 0 aromatic carbocycles. The largest absolute Gasteiger partial charge is 0.378 e. The maximum absolute atomic E-state index is 4.11. The van der Waals surface area contributed by atoms with Crippen LogP contribution in [0.5, 0.6) is 0 Å². The molecule has 0 atom stereocenters. The highest BCUT2D eigenvalue weighted by molar-refractivity contribution is 9.10. The molecule has 5 heteroatoms. The van der Waals surface area contributed by atoms with Crippen molar-refractivity contribution in [2.75, 3.05) is 5.32 Å². The quantitative estimate of drug-likeness (QED) is 0.865. The molecule has 0 radical (unpaired) electrons. The van der Waals surface area contributed by atoms with Gasteiger partial charge in [0.05, 0.1) is 24.1 Å². The Morgan fingerprint density at radius 3 is 2.80 bits per heavy atom. The molecule has 0 aliphatic heterocycles. The van der Waals surface area contributed by atoms with Crippen LogP contribution in [-0.4, -0.2) is 15.0 Å². The molecule has 2 heterocycles. The topological polar surface area (TPSA) is 50.7 Å². The van der Waals surface area contributed by atoms with Gasteiger partial charge in [0.1, 0.15) is 10.9 Å². The normalized spacial score (nSPS) is 9.93.